The highest BCUT2D eigenvalue weighted by molar-refractivity contribution is 5.23. The van der Waals surface area contributed by atoms with Crippen molar-refractivity contribution in [1.82, 2.24) is 4.90 Å². The molecule has 0 saturated heterocycles. The molecule has 0 heterocycles. The van der Waals surface area contributed by atoms with Crippen LogP contribution in [0.3, 0.4) is 0 Å². The summed E-state index contributed by atoms with van der Waals surface area (Å²) in [5, 5.41) is 0. The van der Waals surface area contributed by atoms with Gasteiger partial charge < -0.3 is 4.90 Å². The number of nitrogens with zero attached hydrogens (tertiary/aromatic N) is 2. The second-order valence-corrected chi connectivity index (χ2v) is 3.10. The minimum atomic E-state index is 0.745. The third-order valence-electron chi connectivity index (χ3n) is 1.32. The maximum absolute atomic E-state index is 3.79. The van der Waals surface area contributed by atoms with Gasteiger partial charge in [0.25, 0.3) is 0 Å². The SMILES string of the molecule is C=NCCN(C)CC(C)C. The second-order valence-electron chi connectivity index (χ2n) is 3.10. The van der Waals surface area contributed by atoms with E-state index in [1.807, 2.05) is 0 Å². The molecule has 0 saturated carbocycles. The fourth-order valence-corrected chi connectivity index (χ4v) is 0.956. The van der Waals surface area contributed by atoms with Crippen molar-refractivity contribution in [1.29, 1.82) is 0 Å². The van der Waals surface area contributed by atoms with E-state index in [1.165, 1.54) is 0 Å². The van der Waals surface area contributed by atoms with E-state index < -0.39 is 0 Å². The van der Waals surface area contributed by atoms with Gasteiger partial charge in [0.1, 0.15) is 0 Å². The summed E-state index contributed by atoms with van der Waals surface area (Å²) in [5.41, 5.74) is 0. The van der Waals surface area contributed by atoms with Gasteiger partial charge in [-0.2, -0.15) is 0 Å². The van der Waals surface area contributed by atoms with Crippen LogP contribution in [-0.4, -0.2) is 38.3 Å². The number of aliphatic imine (C=N–C) groups is 1. The summed E-state index contributed by atoms with van der Waals surface area (Å²) in [4.78, 5) is 6.07. The van der Waals surface area contributed by atoms with Gasteiger partial charge in [0.2, 0.25) is 0 Å². The van der Waals surface area contributed by atoms with Crippen molar-refractivity contribution in [2.75, 3.05) is 26.7 Å². The molecule has 0 aromatic rings. The Hall–Kier alpha value is -0.370. The lowest BCUT2D eigenvalue weighted by atomic mass is 10.2. The minimum absolute atomic E-state index is 0.745. The van der Waals surface area contributed by atoms with Crippen molar-refractivity contribution in [3.05, 3.63) is 0 Å². The monoisotopic (exact) mass is 142 g/mol. The summed E-state index contributed by atoms with van der Waals surface area (Å²) in [6, 6.07) is 0. The minimum Gasteiger partial charge on any atom is -0.304 e. The van der Waals surface area contributed by atoms with Crippen molar-refractivity contribution in [3.8, 4) is 0 Å². The summed E-state index contributed by atoms with van der Waals surface area (Å²) in [6.07, 6.45) is 0. The Morgan fingerprint density at radius 3 is 2.50 bits per heavy atom. The van der Waals surface area contributed by atoms with Gasteiger partial charge in [-0.15, -0.1) is 0 Å². The molecule has 0 amide bonds. The van der Waals surface area contributed by atoms with Gasteiger partial charge in [0, 0.05) is 13.1 Å². The molecule has 0 spiro atoms. The van der Waals surface area contributed by atoms with Gasteiger partial charge in [-0.25, -0.2) is 0 Å². The number of hydrogen-bond acceptors (Lipinski definition) is 2. The average Bonchev–Trinajstić information content (AvgIpc) is 1.82. The topological polar surface area (TPSA) is 15.6 Å². The van der Waals surface area contributed by atoms with Crippen LogP contribution in [0.5, 0.6) is 0 Å². The summed E-state index contributed by atoms with van der Waals surface area (Å²) in [5.74, 6) is 0.745. The lowest BCUT2D eigenvalue weighted by Crippen LogP contribution is -2.25. The summed E-state index contributed by atoms with van der Waals surface area (Å²) in [7, 11) is 2.12. The molecule has 0 aliphatic carbocycles. The molecule has 0 unspecified atom stereocenters. The first-order valence-corrected chi connectivity index (χ1v) is 3.78. The van der Waals surface area contributed by atoms with Crippen molar-refractivity contribution in [2.24, 2.45) is 10.9 Å². The molecule has 2 nitrogen and oxygen atoms in total. The van der Waals surface area contributed by atoms with Gasteiger partial charge >= 0.3 is 0 Å². The van der Waals surface area contributed by atoms with E-state index in [2.05, 4.69) is 37.5 Å². The summed E-state index contributed by atoms with van der Waals surface area (Å²) < 4.78 is 0. The predicted octanol–water partition coefficient (Wildman–Crippen LogP) is 1.27. The van der Waals surface area contributed by atoms with Crippen LogP contribution < -0.4 is 0 Å². The molecular formula is C8H18N2. The zero-order valence-corrected chi connectivity index (χ0v) is 7.30. The smallest absolute Gasteiger partial charge is 0.0509 e. The largest absolute Gasteiger partial charge is 0.304 e. The molecule has 0 aliphatic heterocycles. The van der Waals surface area contributed by atoms with E-state index in [0.29, 0.717) is 0 Å². The quantitative estimate of drug-likeness (QED) is 0.528. The van der Waals surface area contributed by atoms with E-state index in [4.69, 9.17) is 0 Å². The zero-order chi connectivity index (χ0) is 7.98. The van der Waals surface area contributed by atoms with Crippen molar-refractivity contribution < 1.29 is 0 Å². The Labute approximate surface area is 63.9 Å². The van der Waals surface area contributed by atoms with Crippen LogP contribution in [0.2, 0.25) is 0 Å². The third-order valence-corrected chi connectivity index (χ3v) is 1.32. The second kappa shape index (κ2) is 5.42. The van der Waals surface area contributed by atoms with E-state index >= 15 is 0 Å². The molecule has 0 fully saturated rings. The molecule has 0 bridgehead atoms. The molecule has 0 radical (unpaired) electrons. The Morgan fingerprint density at radius 2 is 2.10 bits per heavy atom. The van der Waals surface area contributed by atoms with Crippen LogP contribution in [0.4, 0.5) is 0 Å². The first-order valence-electron chi connectivity index (χ1n) is 3.78. The summed E-state index contributed by atoms with van der Waals surface area (Å²) in [6.45, 7) is 10.9. The van der Waals surface area contributed by atoms with Gasteiger partial charge in [-0.1, -0.05) is 13.8 Å². The molecule has 0 aromatic heterocycles. The number of hydrogen-bond donors (Lipinski definition) is 0. The molecule has 0 atom stereocenters. The van der Waals surface area contributed by atoms with Crippen LogP contribution in [0, 0.1) is 5.92 Å². The fourth-order valence-electron chi connectivity index (χ4n) is 0.956. The highest BCUT2D eigenvalue weighted by Gasteiger charge is 1.98. The maximum Gasteiger partial charge on any atom is 0.0509 e. The summed E-state index contributed by atoms with van der Waals surface area (Å²) >= 11 is 0. The molecule has 2 heteroatoms. The molecule has 0 rings (SSSR count). The fraction of sp³-hybridized carbons (Fsp3) is 0.875. The van der Waals surface area contributed by atoms with Gasteiger partial charge in [0.15, 0.2) is 0 Å². The average molecular weight is 142 g/mol. The zero-order valence-electron chi connectivity index (χ0n) is 7.30. The van der Waals surface area contributed by atoms with Crippen LogP contribution in [0.25, 0.3) is 0 Å². The molecule has 60 valence electrons. The molecular weight excluding hydrogens is 124 g/mol. The third kappa shape index (κ3) is 5.76. The van der Waals surface area contributed by atoms with Crippen molar-refractivity contribution in [3.63, 3.8) is 0 Å². The molecule has 0 aromatic carbocycles. The molecule has 10 heavy (non-hydrogen) atoms. The van der Waals surface area contributed by atoms with Gasteiger partial charge in [0.05, 0.1) is 6.54 Å². The van der Waals surface area contributed by atoms with E-state index in [-0.39, 0.29) is 0 Å². The maximum atomic E-state index is 3.79. The molecule has 0 N–H and O–H groups in total. The van der Waals surface area contributed by atoms with Gasteiger partial charge in [-0.3, -0.25) is 4.99 Å². The normalized spacial score (nSPS) is 10.9. The van der Waals surface area contributed by atoms with Crippen LogP contribution in [-0.2, 0) is 0 Å². The highest BCUT2D eigenvalue weighted by Crippen LogP contribution is 1.94. The molecule has 0 aliphatic rings. The standard InChI is InChI=1S/C8H18N2/c1-8(2)7-10(4)6-5-9-3/h8H,3,5-7H2,1-2,4H3. The Kier molecular flexibility index (Phi) is 5.22. The highest BCUT2D eigenvalue weighted by atomic mass is 15.1. The van der Waals surface area contributed by atoms with E-state index in [0.717, 1.165) is 25.6 Å². The van der Waals surface area contributed by atoms with Gasteiger partial charge in [-0.05, 0) is 19.7 Å². The first-order chi connectivity index (χ1) is 4.66. The predicted molar refractivity (Wildman–Crippen MR) is 46.8 cm³/mol. The van der Waals surface area contributed by atoms with Crippen LogP contribution >= 0.6 is 0 Å². The van der Waals surface area contributed by atoms with Crippen LogP contribution in [0.15, 0.2) is 4.99 Å². The van der Waals surface area contributed by atoms with E-state index in [9.17, 15) is 0 Å². The lowest BCUT2D eigenvalue weighted by molar-refractivity contribution is 0.304. The van der Waals surface area contributed by atoms with Crippen LogP contribution in [0.1, 0.15) is 13.8 Å². The van der Waals surface area contributed by atoms with Crippen molar-refractivity contribution in [2.45, 2.75) is 13.8 Å². The Morgan fingerprint density at radius 1 is 1.50 bits per heavy atom. The Balaban J connectivity index is 3.24. The Bertz CT molecular complexity index is 89.3. The van der Waals surface area contributed by atoms with E-state index in [1.54, 1.807) is 0 Å². The first kappa shape index (κ1) is 9.63. The van der Waals surface area contributed by atoms with Crippen molar-refractivity contribution >= 4 is 6.72 Å². The number of likely N-dealkylation sites (N-methyl/N-ethyl adjacent to an activating group) is 1. The lowest BCUT2D eigenvalue weighted by Gasteiger charge is -2.17. The number of rotatable bonds is 5.